The number of aliphatic hydroxyl groups excluding tert-OH is 1. The van der Waals surface area contributed by atoms with Crippen molar-refractivity contribution in [2.24, 2.45) is 4.99 Å². The summed E-state index contributed by atoms with van der Waals surface area (Å²) in [6.45, 7) is 9.39. The number of allylic oxidation sites excluding steroid dienone is 2. The van der Waals surface area contributed by atoms with Crippen LogP contribution in [-0.4, -0.2) is 46.4 Å². The lowest BCUT2D eigenvalue weighted by atomic mass is 10.2. The van der Waals surface area contributed by atoms with Crippen molar-refractivity contribution in [1.29, 1.82) is 0 Å². The minimum Gasteiger partial charge on any atom is -0.462 e. The molecule has 0 saturated heterocycles. The number of carbonyl (C=O) groups is 1. The lowest BCUT2D eigenvalue weighted by Gasteiger charge is -2.18. The highest BCUT2D eigenvalue weighted by atomic mass is 32.1. The SMILES string of the molecule is C\C=C(COc1nnc(NC(=O)OC(C)(C)C)s1)/N=C\C(=C\CCC)CO. The molecule has 8 nitrogen and oxygen atoms in total. The molecule has 1 aromatic rings. The molecule has 27 heavy (non-hydrogen) atoms. The first kappa shape index (κ1) is 22.8. The van der Waals surface area contributed by atoms with Crippen molar-refractivity contribution in [2.75, 3.05) is 18.5 Å². The number of hydrogen-bond acceptors (Lipinski definition) is 8. The molecule has 2 N–H and O–H groups in total. The summed E-state index contributed by atoms with van der Waals surface area (Å²) in [5.41, 5.74) is 0.852. The van der Waals surface area contributed by atoms with E-state index in [4.69, 9.17) is 9.47 Å². The number of aliphatic imine (C=N–C) groups is 1. The molecular formula is C18H28N4O4S. The molecule has 150 valence electrons. The Hall–Kier alpha value is -2.26. The second kappa shape index (κ2) is 11.5. The van der Waals surface area contributed by atoms with Gasteiger partial charge in [-0.3, -0.25) is 10.3 Å². The van der Waals surface area contributed by atoms with E-state index in [-0.39, 0.29) is 18.3 Å². The highest BCUT2D eigenvalue weighted by molar-refractivity contribution is 7.17. The van der Waals surface area contributed by atoms with Gasteiger partial charge in [-0.25, -0.2) is 4.79 Å². The largest absolute Gasteiger partial charge is 0.462 e. The van der Waals surface area contributed by atoms with Crippen LogP contribution < -0.4 is 10.1 Å². The van der Waals surface area contributed by atoms with E-state index >= 15 is 0 Å². The Morgan fingerprint density at radius 1 is 1.37 bits per heavy atom. The smallest absolute Gasteiger partial charge is 0.414 e. The maximum absolute atomic E-state index is 11.7. The molecule has 1 aromatic heterocycles. The van der Waals surface area contributed by atoms with Gasteiger partial charge in [0, 0.05) is 6.21 Å². The van der Waals surface area contributed by atoms with Crippen LogP contribution in [0.15, 0.2) is 28.4 Å². The summed E-state index contributed by atoms with van der Waals surface area (Å²) in [4.78, 5) is 16.0. The fourth-order valence-electron chi connectivity index (χ4n) is 1.69. The third kappa shape index (κ3) is 9.86. The zero-order valence-corrected chi connectivity index (χ0v) is 17.3. The quantitative estimate of drug-likeness (QED) is 0.612. The Labute approximate surface area is 164 Å². The molecule has 1 amide bonds. The van der Waals surface area contributed by atoms with E-state index in [1.165, 1.54) is 0 Å². The van der Waals surface area contributed by atoms with E-state index in [1.807, 2.05) is 19.1 Å². The van der Waals surface area contributed by atoms with E-state index in [1.54, 1.807) is 27.0 Å². The normalized spacial score (nSPS) is 13.1. The molecule has 0 aliphatic rings. The Morgan fingerprint density at radius 3 is 2.70 bits per heavy atom. The minimum atomic E-state index is -0.598. The summed E-state index contributed by atoms with van der Waals surface area (Å²) < 4.78 is 10.7. The summed E-state index contributed by atoms with van der Waals surface area (Å²) in [5.74, 6) is 0. The molecular weight excluding hydrogens is 368 g/mol. The van der Waals surface area contributed by atoms with Crippen LogP contribution in [0, 0.1) is 0 Å². The Bertz CT molecular complexity index is 690. The lowest BCUT2D eigenvalue weighted by molar-refractivity contribution is 0.0636. The number of amides is 1. The molecule has 0 unspecified atom stereocenters. The van der Waals surface area contributed by atoms with Crippen molar-refractivity contribution in [3.8, 4) is 5.19 Å². The second-order valence-electron chi connectivity index (χ2n) is 6.55. The number of nitrogens with one attached hydrogen (secondary N) is 1. The van der Waals surface area contributed by atoms with Gasteiger partial charge in [0.15, 0.2) is 0 Å². The van der Waals surface area contributed by atoms with Crippen molar-refractivity contribution >= 4 is 28.8 Å². The Balaban J connectivity index is 2.57. The number of unbranched alkanes of at least 4 members (excludes halogenated alkanes) is 1. The fourth-order valence-corrected chi connectivity index (χ4v) is 2.27. The fraction of sp³-hybridized carbons (Fsp3) is 0.556. The standard InChI is InChI=1S/C18H28N4O4S/c1-6-8-9-13(11-23)10-19-14(7-2)12-25-17-22-21-15(27-17)20-16(24)26-18(3,4)5/h7,9-10,23H,6,8,11-12H2,1-5H3,(H,20,21,24)/b13-9-,14-7-,19-10-. The molecule has 0 saturated carbocycles. The summed E-state index contributed by atoms with van der Waals surface area (Å²) in [6, 6.07) is 0. The molecule has 0 bridgehead atoms. The highest BCUT2D eigenvalue weighted by Crippen LogP contribution is 2.23. The van der Waals surface area contributed by atoms with Crippen LogP contribution in [0.2, 0.25) is 0 Å². The molecule has 0 fully saturated rings. The second-order valence-corrected chi connectivity index (χ2v) is 7.49. The van der Waals surface area contributed by atoms with Crippen LogP contribution in [-0.2, 0) is 4.74 Å². The van der Waals surface area contributed by atoms with Crippen LogP contribution in [0.25, 0.3) is 0 Å². The first-order valence-corrected chi connectivity index (χ1v) is 9.54. The molecule has 0 spiro atoms. The van der Waals surface area contributed by atoms with Crippen molar-refractivity contribution < 1.29 is 19.4 Å². The minimum absolute atomic E-state index is 0.0581. The molecule has 1 heterocycles. The number of ether oxygens (including phenoxy) is 2. The van der Waals surface area contributed by atoms with Crippen molar-refractivity contribution in [3.05, 3.63) is 23.4 Å². The topological polar surface area (TPSA) is 106 Å². The summed E-state index contributed by atoms with van der Waals surface area (Å²) in [5, 5.41) is 20.1. The third-order valence-corrected chi connectivity index (χ3v) is 3.72. The zero-order valence-electron chi connectivity index (χ0n) is 16.5. The Morgan fingerprint density at radius 2 is 2.11 bits per heavy atom. The maximum atomic E-state index is 11.7. The van der Waals surface area contributed by atoms with Crippen molar-refractivity contribution in [3.63, 3.8) is 0 Å². The summed E-state index contributed by atoms with van der Waals surface area (Å²) in [6.07, 6.45) is 6.70. The van der Waals surface area contributed by atoms with E-state index in [9.17, 15) is 9.90 Å². The van der Waals surface area contributed by atoms with Crippen LogP contribution in [0.4, 0.5) is 9.93 Å². The van der Waals surface area contributed by atoms with Crippen LogP contribution in [0.3, 0.4) is 0 Å². The molecule has 0 aliphatic heterocycles. The van der Waals surface area contributed by atoms with Crippen molar-refractivity contribution in [1.82, 2.24) is 10.2 Å². The van der Waals surface area contributed by atoms with Gasteiger partial charge in [0.1, 0.15) is 12.2 Å². The van der Waals surface area contributed by atoms with E-state index < -0.39 is 11.7 Å². The van der Waals surface area contributed by atoms with E-state index in [0.717, 1.165) is 29.8 Å². The number of nitrogens with zero attached hydrogens (tertiary/aromatic N) is 3. The lowest BCUT2D eigenvalue weighted by Crippen LogP contribution is -2.27. The molecule has 0 aliphatic carbocycles. The highest BCUT2D eigenvalue weighted by Gasteiger charge is 2.17. The zero-order chi connectivity index (χ0) is 20.3. The van der Waals surface area contributed by atoms with Crippen LogP contribution in [0.5, 0.6) is 5.19 Å². The first-order valence-electron chi connectivity index (χ1n) is 8.72. The average Bonchev–Trinajstić information content (AvgIpc) is 3.03. The molecule has 1 rings (SSSR count). The van der Waals surface area contributed by atoms with E-state index in [2.05, 4.69) is 27.4 Å². The van der Waals surface area contributed by atoms with Gasteiger partial charge in [0.2, 0.25) is 5.13 Å². The van der Waals surface area contributed by atoms with Gasteiger partial charge in [-0.2, -0.15) is 0 Å². The summed E-state index contributed by atoms with van der Waals surface area (Å²) >= 11 is 1.09. The monoisotopic (exact) mass is 396 g/mol. The number of rotatable bonds is 9. The van der Waals surface area contributed by atoms with Gasteiger partial charge in [-0.1, -0.05) is 30.6 Å². The number of hydrogen-bond donors (Lipinski definition) is 2. The van der Waals surface area contributed by atoms with Gasteiger partial charge in [-0.05, 0) is 51.0 Å². The first-order chi connectivity index (χ1) is 12.8. The van der Waals surface area contributed by atoms with Crippen molar-refractivity contribution in [2.45, 2.75) is 53.1 Å². The summed E-state index contributed by atoms with van der Waals surface area (Å²) in [7, 11) is 0. The molecule has 0 atom stereocenters. The van der Waals surface area contributed by atoms with Crippen LogP contribution >= 0.6 is 11.3 Å². The van der Waals surface area contributed by atoms with E-state index in [0.29, 0.717) is 10.9 Å². The number of aromatic nitrogens is 2. The third-order valence-electron chi connectivity index (χ3n) is 2.97. The van der Waals surface area contributed by atoms with Gasteiger partial charge in [-0.15, -0.1) is 5.10 Å². The number of anilines is 1. The van der Waals surface area contributed by atoms with Gasteiger partial charge in [0.25, 0.3) is 5.19 Å². The van der Waals surface area contributed by atoms with Gasteiger partial charge in [0.05, 0.1) is 12.3 Å². The number of carbonyl (C=O) groups excluding carboxylic acids is 1. The number of aliphatic hydroxyl groups is 1. The predicted octanol–water partition coefficient (Wildman–Crippen LogP) is 3.96. The van der Waals surface area contributed by atoms with Gasteiger partial charge >= 0.3 is 6.09 Å². The van der Waals surface area contributed by atoms with Crippen LogP contribution in [0.1, 0.15) is 47.5 Å². The molecule has 0 aromatic carbocycles. The molecule has 0 radical (unpaired) electrons. The molecule has 9 heteroatoms. The average molecular weight is 397 g/mol. The van der Waals surface area contributed by atoms with Gasteiger partial charge < -0.3 is 14.6 Å². The predicted molar refractivity (Wildman–Crippen MR) is 108 cm³/mol. The Kier molecular flexibility index (Phi) is 9.66. The maximum Gasteiger partial charge on any atom is 0.414 e.